The first-order valence-corrected chi connectivity index (χ1v) is 11.1. The highest BCUT2D eigenvalue weighted by atomic mass is 14.7. The molecule has 0 fully saturated rings. The summed E-state index contributed by atoms with van der Waals surface area (Å²) >= 11 is 0. The van der Waals surface area contributed by atoms with E-state index in [4.69, 9.17) is 0 Å². The second-order valence-electron chi connectivity index (χ2n) is 7.65. The van der Waals surface area contributed by atoms with Gasteiger partial charge in [0.1, 0.15) is 0 Å². The van der Waals surface area contributed by atoms with Crippen LogP contribution in [0.1, 0.15) is 129 Å². The van der Waals surface area contributed by atoms with Crippen LogP contribution in [0.3, 0.4) is 0 Å². The van der Waals surface area contributed by atoms with E-state index in [0.717, 1.165) is 0 Å². The lowest BCUT2D eigenvalue weighted by Crippen LogP contribution is -1.94. The average molecular weight is 387 g/mol. The Labute approximate surface area is 176 Å². The van der Waals surface area contributed by atoms with Crippen LogP contribution in [0, 0.1) is 0 Å². The second kappa shape index (κ2) is 16.3. The van der Waals surface area contributed by atoms with Crippen molar-refractivity contribution >= 4 is 0 Å². The average Bonchev–Trinajstić information content (AvgIpc) is 2.71. The monoisotopic (exact) mass is 386 g/mol. The molecule has 0 atom stereocenters. The Hall–Kier alpha value is -1.70. The molecule has 0 aliphatic heterocycles. The molecular formula is C26H46N2. The number of hydrogen-bond acceptors (Lipinski definition) is 2. The van der Waals surface area contributed by atoms with Crippen LogP contribution in [0.15, 0.2) is 36.7 Å². The molecule has 0 saturated carbocycles. The lowest BCUT2D eigenvalue weighted by molar-refractivity contribution is 0.802. The van der Waals surface area contributed by atoms with E-state index in [1.807, 2.05) is 40.1 Å². The van der Waals surface area contributed by atoms with Crippen LogP contribution in [0.4, 0.5) is 0 Å². The standard InChI is InChI=1S/2C11H17N.2C2H6/c2*1-8(2)10-5-6-11(9(3)4)12-7-10;2*1-2/h2*5-9H,1-4H3;2*1-2H3. The van der Waals surface area contributed by atoms with Crippen LogP contribution in [0.25, 0.3) is 0 Å². The van der Waals surface area contributed by atoms with E-state index < -0.39 is 0 Å². The van der Waals surface area contributed by atoms with Crippen LogP contribution in [-0.2, 0) is 0 Å². The molecule has 0 saturated heterocycles. The molecule has 0 aliphatic carbocycles. The maximum absolute atomic E-state index is 4.40. The van der Waals surface area contributed by atoms with Gasteiger partial charge in [-0.05, 0) is 46.9 Å². The van der Waals surface area contributed by atoms with Gasteiger partial charge in [0.2, 0.25) is 0 Å². The number of nitrogens with zero attached hydrogens (tertiary/aromatic N) is 2. The minimum absolute atomic E-state index is 0.534. The summed E-state index contributed by atoms with van der Waals surface area (Å²) in [4.78, 5) is 8.80. The van der Waals surface area contributed by atoms with Gasteiger partial charge in [-0.1, -0.05) is 95.2 Å². The molecule has 0 spiro atoms. The summed E-state index contributed by atoms with van der Waals surface area (Å²) in [6.45, 7) is 25.4. The fourth-order valence-corrected chi connectivity index (χ4v) is 2.20. The van der Waals surface area contributed by atoms with E-state index in [1.165, 1.54) is 22.5 Å². The molecule has 0 radical (unpaired) electrons. The zero-order chi connectivity index (χ0) is 22.3. The molecule has 2 nitrogen and oxygen atoms in total. The summed E-state index contributed by atoms with van der Waals surface area (Å²) in [7, 11) is 0. The van der Waals surface area contributed by atoms with Crippen molar-refractivity contribution < 1.29 is 0 Å². The molecule has 2 rings (SSSR count). The van der Waals surface area contributed by atoms with Crippen molar-refractivity contribution in [2.45, 2.75) is 107 Å². The molecule has 2 aromatic rings. The van der Waals surface area contributed by atoms with Crippen LogP contribution in [0.2, 0.25) is 0 Å². The van der Waals surface area contributed by atoms with Gasteiger partial charge in [0.25, 0.3) is 0 Å². The molecule has 28 heavy (non-hydrogen) atoms. The number of pyridine rings is 2. The van der Waals surface area contributed by atoms with Crippen LogP contribution in [-0.4, -0.2) is 9.97 Å². The zero-order valence-corrected chi connectivity index (χ0v) is 20.7. The summed E-state index contributed by atoms with van der Waals surface area (Å²) in [5.41, 5.74) is 5.00. The Kier molecular flexibility index (Phi) is 16.6. The fraction of sp³-hybridized carbons (Fsp3) is 0.615. The third-order valence-corrected chi connectivity index (χ3v) is 4.13. The van der Waals surface area contributed by atoms with Gasteiger partial charge in [0, 0.05) is 23.8 Å². The third kappa shape index (κ3) is 11.2. The van der Waals surface area contributed by atoms with Gasteiger partial charge in [-0.3, -0.25) is 9.97 Å². The molecule has 0 unspecified atom stereocenters. The van der Waals surface area contributed by atoms with E-state index in [1.54, 1.807) is 0 Å². The molecule has 0 aromatic carbocycles. The summed E-state index contributed by atoms with van der Waals surface area (Å²) in [5.74, 6) is 2.23. The predicted molar refractivity (Wildman–Crippen MR) is 128 cm³/mol. The lowest BCUT2D eigenvalue weighted by Gasteiger charge is -2.07. The molecule has 160 valence electrons. The van der Waals surface area contributed by atoms with Gasteiger partial charge in [0.05, 0.1) is 0 Å². The minimum atomic E-state index is 0.534. The maximum atomic E-state index is 4.40. The van der Waals surface area contributed by atoms with E-state index in [2.05, 4.69) is 89.6 Å². The summed E-state index contributed by atoms with van der Waals surface area (Å²) in [5, 5.41) is 0. The number of hydrogen-bond donors (Lipinski definition) is 0. The van der Waals surface area contributed by atoms with Crippen LogP contribution in [0.5, 0.6) is 0 Å². The van der Waals surface area contributed by atoms with Crippen molar-refractivity contribution in [3.63, 3.8) is 0 Å². The topological polar surface area (TPSA) is 25.8 Å². The molecular weight excluding hydrogens is 340 g/mol. The van der Waals surface area contributed by atoms with Gasteiger partial charge in [-0.15, -0.1) is 0 Å². The Morgan fingerprint density at radius 1 is 0.464 bits per heavy atom. The van der Waals surface area contributed by atoms with Gasteiger partial charge < -0.3 is 0 Å². The van der Waals surface area contributed by atoms with Crippen LogP contribution < -0.4 is 0 Å². The maximum Gasteiger partial charge on any atom is 0.0429 e. The Morgan fingerprint density at radius 2 is 0.750 bits per heavy atom. The highest BCUT2D eigenvalue weighted by Gasteiger charge is 2.03. The molecule has 2 aromatic heterocycles. The number of aromatic nitrogens is 2. The summed E-state index contributed by atoms with van der Waals surface area (Å²) in [6, 6.07) is 8.60. The molecule has 0 aliphatic rings. The van der Waals surface area contributed by atoms with Crippen molar-refractivity contribution in [1.29, 1.82) is 0 Å². The van der Waals surface area contributed by atoms with E-state index in [-0.39, 0.29) is 0 Å². The number of rotatable bonds is 4. The molecule has 0 N–H and O–H groups in total. The van der Waals surface area contributed by atoms with Crippen LogP contribution >= 0.6 is 0 Å². The Balaban J connectivity index is 0. The largest absolute Gasteiger partial charge is 0.261 e. The zero-order valence-electron chi connectivity index (χ0n) is 20.7. The third-order valence-electron chi connectivity index (χ3n) is 4.13. The Bertz CT molecular complexity index is 469. The van der Waals surface area contributed by atoms with Gasteiger partial charge in [-0.25, -0.2) is 0 Å². The van der Waals surface area contributed by atoms with E-state index in [0.29, 0.717) is 23.7 Å². The molecule has 0 bridgehead atoms. The SMILES string of the molecule is CC.CC.CC(C)c1ccc(C(C)C)nc1.CC(C)c1ccc(C(C)C)nc1. The minimum Gasteiger partial charge on any atom is -0.261 e. The molecule has 2 heterocycles. The summed E-state index contributed by atoms with van der Waals surface area (Å²) in [6.07, 6.45) is 3.97. The second-order valence-corrected chi connectivity index (χ2v) is 7.65. The first kappa shape index (κ1) is 28.5. The lowest BCUT2D eigenvalue weighted by atomic mass is 10.0. The predicted octanol–water partition coefficient (Wildman–Crippen LogP) is 8.71. The first-order valence-electron chi connectivity index (χ1n) is 11.1. The highest BCUT2D eigenvalue weighted by molar-refractivity contribution is 5.19. The smallest absolute Gasteiger partial charge is 0.0429 e. The first-order chi connectivity index (χ1) is 13.2. The fourth-order valence-electron chi connectivity index (χ4n) is 2.20. The van der Waals surface area contributed by atoms with Gasteiger partial charge in [-0.2, -0.15) is 0 Å². The molecule has 2 heteroatoms. The van der Waals surface area contributed by atoms with E-state index in [9.17, 15) is 0 Å². The Morgan fingerprint density at radius 3 is 0.893 bits per heavy atom. The summed E-state index contributed by atoms with van der Waals surface area (Å²) < 4.78 is 0. The van der Waals surface area contributed by atoms with E-state index >= 15 is 0 Å². The van der Waals surface area contributed by atoms with Crippen molar-refractivity contribution in [3.8, 4) is 0 Å². The van der Waals surface area contributed by atoms with Gasteiger partial charge in [0.15, 0.2) is 0 Å². The van der Waals surface area contributed by atoms with Crippen molar-refractivity contribution in [2.24, 2.45) is 0 Å². The van der Waals surface area contributed by atoms with Gasteiger partial charge >= 0.3 is 0 Å². The highest BCUT2D eigenvalue weighted by Crippen LogP contribution is 2.17. The van der Waals surface area contributed by atoms with Crippen molar-refractivity contribution in [1.82, 2.24) is 9.97 Å². The quantitative estimate of drug-likeness (QED) is 0.525. The molecule has 0 amide bonds. The van der Waals surface area contributed by atoms with Crippen molar-refractivity contribution in [3.05, 3.63) is 59.2 Å². The van der Waals surface area contributed by atoms with Crippen molar-refractivity contribution in [2.75, 3.05) is 0 Å². The normalized spacial score (nSPS) is 10.0.